The highest BCUT2D eigenvalue weighted by atomic mass is 16.3. The van der Waals surface area contributed by atoms with Gasteiger partial charge in [0, 0.05) is 6.20 Å². The summed E-state index contributed by atoms with van der Waals surface area (Å²) >= 11 is 0. The van der Waals surface area contributed by atoms with Crippen molar-refractivity contribution in [2.24, 2.45) is 0 Å². The van der Waals surface area contributed by atoms with Gasteiger partial charge in [0.1, 0.15) is 0 Å². The van der Waals surface area contributed by atoms with Crippen LogP contribution in [0.2, 0.25) is 0 Å². The lowest BCUT2D eigenvalue weighted by Gasteiger charge is -2.00. The number of aromatic nitrogens is 2. The van der Waals surface area contributed by atoms with Gasteiger partial charge in [0.05, 0.1) is 6.07 Å². The third-order valence-electron chi connectivity index (χ3n) is 1.66. The Labute approximate surface area is 86.3 Å². The normalized spacial score (nSPS) is 9.47. The molecule has 2 rings (SSSR count). The molecule has 0 spiro atoms. The van der Waals surface area contributed by atoms with Crippen molar-refractivity contribution in [1.82, 2.24) is 9.38 Å². The molecule has 0 unspecified atom stereocenters. The molecule has 0 saturated carbocycles. The minimum atomic E-state index is -0.432. The average Bonchev–Trinajstić information content (AvgIpc) is 2.23. The van der Waals surface area contributed by atoms with Gasteiger partial charge < -0.3 is 10.2 Å². The van der Waals surface area contributed by atoms with Crippen LogP contribution < -0.4 is 5.56 Å². The smallest absolute Gasteiger partial charge is 0.261 e. The molecule has 0 saturated heterocycles. The second-order valence-corrected chi connectivity index (χ2v) is 2.54. The topological polar surface area (TPSA) is 74.8 Å². The van der Waals surface area contributed by atoms with Gasteiger partial charge in [-0.2, -0.15) is 4.98 Å². The predicted molar refractivity (Wildman–Crippen MR) is 56.1 cm³/mol. The van der Waals surface area contributed by atoms with Crippen molar-refractivity contribution >= 4 is 5.65 Å². The van der Waals surface area contributed by atoms with E-state index in [1.54, 1.807) is 0 Å². The first kappa shape index (κ1) is 11.0. The fourth-order valence-corrected chi connectivity index (χ4v) is 1.10. The van der Waals surface area contributed by atoms with Crippen LogP contribution in [0.4, 0.5) is 0 Å². The monoisotopic (exact) mass is 208 g/mol. The van der Waals surface area contributed by atoms with Gasteiger partial charge in [-0.05, 0) is 12.1 Å². The zero-order chi connectivity index (χ0) is 11.4. The molecule has 2 aromatic rings. The highest BCUT2D eigenvalue weighted by Crippen LogP contribution is 2.14. The van der Waals surface area contributed by atoms with Crippen LogP contribution in [0.3, 0.4) is 0 Å². The molecule has 0 atom stereocenters. The minimum Gasteiger partial charge on any atom is -0.504 e. The Morgan fingerprint density at radius 2 is 2.00 bits per heavy atom. The quantitative estimate of drug-likeness (QED) is 0.680. The molecule has 0 bridgehead atoms. The molecule has 0 aliphatic carbocycles. The van der Waals surface area contributed by atoms with E-state index >= 15 is 0 Å². The van der Waals surface area contributed by atoms with Crippen molar-refractivity contribution < 1.29 is 10.2 Å². The highest BCUT2D eigenvalue weighted by molar-refractivity contribution is 5.52. The number of fused-ring (bicyclic) bond motifs is 1. The van der Waals surface area contributed by atoms with E-state index in [0.717, 1.165) is 10.5 Å². The van der Waals surface area contributed by atoms with Crippen LogP contribution in [-0.2, 0) is 0 Å². The molecule has 0 aliphatic rings. The molecule has 80 valence electrons. The number of aromatic hydroxyl groups is 2. The lowest BCUT2D eigenvalue weighted by Crippen LogP contribution is -2.12. The maximum Gasteiger partial charge on any atom is 0.261 e. The molecule has 0 aromatic carbocycles. The molecular weight excluding hydrogens is 196 g/mol. The third-order valence-corrected chi connectivity index (χ3v) is 1.66. The Hall–Kier alpha value is -2.04. The van der Waals surface area contributed by atoms with Crippen LogP contribution in [0.5, 0.6) is 11.6 Å². The Morgan fingerprint density at radius 3 is 2.67 bits per heavy atom. The summed E-state index contributed by atoms with van der Waals surface area (Å²) in [5.74, 6) is -0.540. The number of hydrogen-bond acceptors (Lipinski definition) is 4. The van der Waals surface area contributed by atoms with Crippen molar-refractivity contribution in [3.05, 3.63) is 34.7 Å². The molecule has 15 heavy (non-hydrogen) atoms. The van der Waals surface area contributed by atoms with Gasteiger partial charge in [0.15, 0.2) is 11.4 Å². The van der Waals surface area contributed by atoms with Gasteiger partial charge in [0.2, 0.25) is 5.88 Å². The average molecular weight is 208 g/mol. The van der Waals surface area contributed by atoms with Crippen LogP contribution in [0.1, 0.15) is 13.8 Å². The van der Waals surface area contributed by atoms with Gasteiger partial charge in [-0.25, -0.2) is 0 Å². The summed E-state index contributed by atoms with van der Waals surface area (Å²) in [6.45, 7) is 4.00. The van der Waals surface area contributed by atoms with Gasteiger partial charge >= 0.3 is 0 Å². The third kappa shape index (κ3) is 2.07. The number of nitrogens with zero attached hydrogens (tertiary/aromatic N) is 2. The highest BCUT2D eigenvalue weighted by Gasteiger charge is 2.03. The van der Waals surface area contributed by atoms with Crippen molar-refractivity contribution in [3.63, 3.8) is 0 Å². The zero-order valence-corrected chi connectivity index (χ0v) is 8.51. The summed E-state index contributed by atoms with van der Waals surface area (Å²) in [5, 5.41) is 18.3. The Kier molecular flexibility index (Phi) is 3.28. The molecule has 0 fully saturated rings. The van der Waals surface area contributed by atoms with Crippen LogP contribution in [0.25, 0.3) is 5.65 Å². The van der Waals surface area contributed by atoms with E-state index in [9.17, 15) is 9.90 Å². The van der Waals surface area contributed by atoms with E-state index in [1.807, 2.05) is 13.8 Å². The van der Waals surface area contributed by atoms with Crippen LogP contribution in [0, 0.1) is 0 Å². The molecule has 0 amide bonds. The van der Waals surface area contributed by atoms with E-state index in [-0.39, 0.29) is 11.4 Å². The first-order chi connectivity index (χ1) is 7.18. The maximum atomic E-state index is 11.2. The lowest BCUT2D eigenvalue weighted by atomic mass is 10.4. The van der Waals surface area contributed by atoms with Crippen molar-refractivity contribution in [1.29, 1.82) is 0 Å². The Bertz CT molecular complexity index is 520. The molecule has 2 N–H and O–H groups in total. The first-order valence-electron chi connectivity index (χ1n) is 4.59. The molecule has 0 radical (unpaired) electrons. The van der Waals surface area contributed by atoms with Gasteiger partial charge in [0.25, 0.3) is 5.56 Å². The number of pyridine rings is 1. The van der Waals surface area contributed by atoms with Gasteiger partial charge in [-0.15, -0.1) is 0 Å². The number of hydrogen-bond donors (Lipinski definition) is 2. The zero-order valence-electron chi connectivity index (χ0n) is 8.51. The largest absolute Gasteiger partial charge is 0.504 e. The first-order valence-corrected chi connectivity index (χ1v) is 4.59. The second-order valence-electron chi connectivity index (χ2n) is 2.54. The van der Waals surface area contributed by atoms with Crippen molar-refractivity contribution in [2.45, 2.75) is 13.8 Å². The summed E-state index contributed by atoms with van der Waals surface area (Å²) in [5.41, 5.74) is -0.383. The molecule has 5 nitrogen and oxygen atoms in total. The van der Waals surface area contributed by atoms with E-state index in [4.69, 9.17) is 5.11 Å². The predicted octanol–water partition coefficient (Wildman–Crippen LogP) is 1.13. The van der Waals surface area contributed by atoms with E-state index in [0.29, 0.717) is 0 Å². The maximum absolute atomic E-state index is 11.2. The second kappa shape index (κ2) is 4.45. The summed E-state index contributed by atoms with van der Waals surface area (Å²) < 4.78 is 1.15. The molecule has 5 heteroatoms. The van der Waals surface area contributed by atoms with Crippen LogP contribution in [-0.4, -0.2) is 19.6 Å². The summed E-state index contributed by atoms with van der Waals surface area (Å²) in [4.78, 5) is 14.8. The Balaban J connectivity index is 0.000000531. The summed E-state index contributed by atoms with van der Waals surface area (Å²) in [6, 6.07) is 3.89. The molecule has 2 aromatic heterocycles. The fourth-order valence-electron chi connectivity index (χ4n) is 1.10. The van der Waals surface area contributed by atoms with E-state index < -0.39 is 11.4 Å². The SMILES string of the molecule is CC.O=c1cc(O)nc2c(O)cccn12. The lowest BCUT2D eigenvalue weighted by molar-refractivity contribution is 0.446. The summed E-state index contributed by atoms with van der Waals surface area (Å²) in [7, 11) is 0. The molecule has 0 aliphatic heterocycles. The van der Waals surface area contributed by atoms with Crippen LogP contribution in [0.15, 0.2) is 29.2 Å². The Morgan fingerprint density at radius 1 is 1.33 bits per heavy atom. The van der Waals surface area contributed by atoms with E-state index in [2.05, 4.69) is 4.98 Å². The van der Waals surface area contributed by atoms with Crippen LogP contribution >= 0.6 is 0 Å². The van der Waals surface area contributed by atoms with E-state index in [1.165, 1.54) is 18.3 Å². The standard InChI is InChI=1S/C8H6N2O3.C2H6/c11-5-2-1-3-10-7(13)4-6(12)9-8(5)10;1-2/h1-4,11-12H;1-2H3. The van der Waals surface area contributed by atoms with Gasteiger partial charge in [-0.3, -0.25) is 9.20 Å². The number of rotatable bonds is 0. The van der Waals surface area contributed by atoms with Crippen molar-refractivity contribution in [3.8, 4) is 11.6 Å². The van der Waals surface area contributed by atoms with Gasteiger partial charge in [-0.1, -0.05) is 13.8 Å². The summed E-state index contributed by atoms with van der Waals surface area (Å²) in [6.07, 6.45) is 1.46. The fraction of sp³-hybridized carbons (Fsp3) is 0.200. The van der Waals surface area contributed by atoms with Crippen molar-refractivity contribution in [2.75, 3.05) is 0 Å². The molecule has 2 heterocycles. The minimum absolute atomic E-state index is 0.0486. The molecular formula is C10H12N2O3.